The molecule has 0 radical (unpaired) electrons. The quantitative estimate of drug-likeness (QED) is 0.841. The number of aromatic nitrogens is 1. The van der Waals surface area contributed by atoms with Crippen LogP contribution < -0.4 is 14.8 Å². The fraction of sp³-hybridized carbons (Fsp3) is 0.478. The maximum absolute atomic E-state index is 12.8. The Morgan fingerprint density at radius 3 is 2.62 bits per heavy atom. The van der Waals surface area contributed by atoms with Crippen LogP contribution in [0.3, 0.4) is 0 Å². The third-order valence-corrected chi connectivity index (χ3v) is 5.74. The maximum atomic E-state index is 12.8. The van der Waals surface area contributed by atoms with Gasteiger partial charge in [-0.1, -0.05) is 6.07 Å². The molecule has 1 N–H and O–H groups in total. The first kappa shape index (κ1) is 19.7. The number of rotatable bonds is 5. The predicted octanol–water partition coefficient (Wildman–Crippen LogP) is 3.33. The van der Waals surface area contributed by atoms with E-state index in [0.717, 1.165) is 56.0 Å². The van der Waals surface area contributed by atoms with E-state index in [4.69, 9.17) is 9.47 Å². The van der Waals surface area contributed by atoms with E-state index >= 15 is 0 Å². The van der Waals surface area contributed by atoms with Gasteiger partial charge < -0.3 is 14.8 Å². The summed E-state index contributed by atoms with van der Waals surface area (Å²) in [4.78, 5) is 19.3. The van der Waals surface area contributed by atoms with Crippen molar-refractivity contribution in [3.8, 4) is 11.5 Å². The molecule has 1 aromatic carbocycles. The van der Waals surface area contributed by atoms with Crippen molar-refractivity contribution in [3.05, 3.63) is 53.9 Å². The van der Waals surface area contributed by atoms with Gasteiger partial charge in [0.15, 0.2) is 11.5 Å². The van der Waals surface area contributed by atoms with Crippen molar-refractivity contribution in [2.45, 2.75) is 38.8 Å². The summed E-state index contributed by atoms with van der Waals surface area (Å²) in [7, 11) is 0. The molecule has 2 aliphatic heterocycles. The monoisotopic (exact) mass is 395 g/mol. The fourth-order valence-electron chi connectivity index (χ4n) is 3.96. The van der Waals surface area contributed by atoms with Gasteiger partial charge in [-0.15, -0.1) is 0 Å². The SMILES string of the molecule is CC(NC(=O)C1CCN(Cc2ccncc2)CC1)c1ccc2c(c1)OCCCO2. The summed E-state index contributed by atoms with van der Waals surface area (Å²) in [5.41, 5.74) is 2.31. The minimum Gasteiger partial charge on any atom is -0.490 e. The molecule has 0 saturated carbocycles. The van der Waals surface area contributed by atoms with Crippen LogP contribution >= 0.6 is 0 Å². The van der Waals surface area contributed by atoms with Crippen molar-refractivity contribution in [1.82, 2.24) is 15.2 Å². The molecule has 2 aliphatic rings. The molecule has 1 fully saturated rings. The number of nitrogens with zero attached hydrogens (tertiary/aromatic N) is 2. The lowest BCUT2D eigenvalue weighted by molar-refractivity contribution is -0.127. The molecule has 1 atom stereocenters. The zero-order valence-electron chi connectivity index (χ0n) is 17.0. The number of benzene rings is 1. The lowest BCUT2D eigenvalue weighted by Crippen LogP contribution is -2.40. The number of likely N-dealkylation sites (tertiary alicyclic amines) is 1. The number of hydrogen-bond donors (Lipinski definition) is 1. The van der Waals surface area contributed by atoms with Crippen molar-refractivity contribution in [2.24, 2.45) is 5.92 Å². The molecule has 29 heavy (non-hydrogen) atoms. The largest absolute Gasteiger partial charge is 0.490 e. The molecule has 1 saturated heterocycles. The van der Waals surface area contributed by atoms with Gasteiger partial charge in [0.2, 0.25) is 5.91 Å². The highest BCUT2D eigenvalue weighted by Gasteiger charge is 2.26. The number of ether oxygens (including phenoxy) is 2. The Bertz CT molecular complexity index is 819. The van der Waals surface area contributed by atoms with E-state index in [1.807, 2.05) is 37.5 Å². The lowest BCUT2D eigenvalue weighted by Gasteiger charge is -2.32. The van der Waals surface area contributed by atoms with Gasteiger partial charge in [0.25, 0.3) is 0 Å². The molecule has 1 amide bonds. The van der Waals surface area contributed by atoms with Crippen LogP contribution in [0.15, 0.2) is 42.7 Å². The Morgan fingerprint density at radius 2 is 1.86 bits per heavy atom. The van der Waals surface area contributed by atoms with E-state index in [2.05, 4.69) is 27.3 Å². The average molecular weight is 396 g/mol. The number of fused-ring (bicyclic) bond motifs is 1. The van der Waals surface area contributed by atoms with Crippen LogP contribution in [-0.2, 0) is 11.3 Å². The number of amides is 1. The van der Waals surface area contributed by atoms with E-state index in [-0.39, 0.29) is 17.9 Å². The molecule has 1 unspecified atom stereocenters. The molecular weight excluding hydrogens is 366 g/mol. The third kappa shape index (κ3) is 5.07. The fourth-order valence-corrected chi connectivity index (χ4v) is 3.96. The van der Waals surface area contributed by atoms with Crippen LogP contribution in [-0.4, -0.2) is 42.1 Å². The zero-order valence-corrected chi connectivity index (χ0v) is 17.0. The number of hydrogen-bond acceptors (Lipinski definition) is 5. The summed E-state index contributed by atoms with van der Waals surface area (Å²) in [6, 6.07) is 9.98. The Kier molecular flexibility index (Phi) is 6.30. The Hall–Kier alpha value is -2.60. The zero-order chi connectivity index (χ0) is 20.1. The Labute approximate surface area is 172 Å². The van der Waals surface area contributed by atoms with Crippen LogP contribution in [0.1, 0.15) is 43.4 Å². The second-order valence-corrected chi connectivity index (χ2v) is 7.89. The van der Waals surface area contributed by atoms with Gasteiger partial charge in [-0.3, -0.25) is 14.7 Å². The molecule has 3 heterocycles. The Balaban J connectivity index is 1.29. The summed E-state index contributed by atoms with van der Waals surface area (Å²) in [5.74, 6) is 1.77. The van der Waals surface area contributed by atoms with Gasteiger partial charge in [-0.05, 0) is 68.2 Å². The van der Waals surface area contributed by atoms with E-state index in [0.29, 0.717) is 13.2 Å². The summed E-state index contributed by atoms with van der Waals surface area (Å²) in [6.07, 6.45) is 6.33. The van der Waals surface area contributed by atoms with Crippen LogP contribution in [0.4, 0.5) is 0 Å². The minimum atomic E-state index is -0.0606. The predicted molar refractivity (Wildman–Crippen MR) is 111 cm³/mol. The van der Waals surface area contributed by atoms with E-state index in [1.165, 1.54) is 5.56 Å². The molecule has 2 aromatic rings. The number of piperidine rings is 1. The molecule has 154 valence electrons. The molecule has 0 spiro atoms. The second-order valence-electron chi connectivity index (χ2n) is 7.89. The van der Waals surface area contributed by atoms with E-state index in [1.54, 1.807) is 0 Å². The van der Waals surface area contributed by atoms with Crippen molar-refractivity contribution in [3.63, 3.8) is 0 Å². The highest BCUT2D eigenvalue weighted by atomic mass is 16.5. The number of carbonyl (C=O) groups excluding carboxylic acids is 1. The summed E-state index contributed by atoms with van der Waals surface area (Å²) < 4.78 is 11.5. The summed E-state index contributed by atoms with van der Waals surface area (Å²) in [6.45, 7) is 6.17. The third-order valence-electron chi connectivity index (χ3n) is 5.74. The van der Waals surface area contributed by atoms with Gasteiger partial charge in [-0.2, -0.15) is 0 Å². The maximum Gasteiger partial charge on any atom is 0.223 e. The van der Waals surface area contributed by atoms with Gasteiger partial charge in [0, 0.05) is 31.3 Å². The second kappa shape index (κ2) is 9.27. The molecule has 6 heteroatoms. The van der Waals surface area contributed by atoms with Crippen LogP contribution in [0.2, 0.25) is 0 Å². The highest BCUT2D eigenvalue weighted by molar-refractivity contribution is 5.79. The lowest BCUT2D eigenvalue weighted by atomic mass is 9.95. The van der Waals surface area contributed by atoms with Crippen LogP contribution in [0.25, 0.3) is 0 Å². The van der Waals surface area contributed by atoms with Crippen molar-refractivity contribution in [1.29, 1.82) is 0 Å². The molecule has 0 bridgehead atoms. The normalized spacial score (nSPS) is 18.7. The molecule has 4 rings (SSSR count). The first-order valence-electron chi connectivity index (χ1n) is 10.5. The van der Waals surface area contributed by atoms with Crippen LogP contribution in [0.5, 0.6) is 11.5 Å². The molecule has 6 nitrogen and oxygen atoms in total. The Morgan fingerprint density at radius 1 is 1.14 bits per heavy atom. The number of carbonyl (C=O) groups is 1. The highest BCUT2D eigenvalue weighted by Crippen LogP contribution is 2.32. The topological polar surface area (TPSA) is 63.7 Å². The van der Waals surface area contributed by atoms with Gasteiger partial charge >= 0.3 is 0 Å². The van der Waals surface area contributed by atoms with E-state index < -0.39 is 0 Å². The van der Waals surface area contributed by atoms with Gasteiger partial charge in [0.1, 0.15) is 0 Å². The van der Waals surface area contributed by atoms with Crippen molar-refractivity contribution < 1.29 is 14.3 Å². The van der Waals surface area contributed by atoms with Gasteiger partial charge in [-0.25, -0.2) is 0 Å². The average Bonchev–Trinajstić information content (AvgIpc) is 3.00. The van der Waals surface area contributed by atoms with Gasteiger partial charge in [0.05, 0.1) is 19.3 Å². The number of nitrogens with one attached hydrogen (secondary N) is 1. The summed E-state index contributed by atoms with van der Waals surface area (Å²) >= 11 is 0. The first-order chi connectivity index (χ1) is 14.2. The summed E-state index contributed by atoms with van der Waals surface area (Å²) in [5, 5.41) is 3.19. The van der Waals surface area contributed by atoms with Crippen LogP contribution in [0, 0.1) is 5.92 Å². The minimum absolute atomic E-state index is 0.0606. The van der Waals surface area contributed by atoms with E-state index in [9.17, 15) is 4.79 Å². The smallest absolute Gasteiger partial charge is 0.223 e. The molecule has 0 aliphatic carbocycles. The standard InChI is InChI=1S/C23H29N3O3/c1-17(20-3-4-21-22(15-20)29-14-2-13-28-21)25-23(27)19-7-11-26(12-8-19)16-18-5-9-24-10-6-18/h3-6,9-10,15,17,19H,2,7-8,11-14,16H2,1H3,(H,25,27). The van der Waals surface area contributed by atoms with Crippen molar-refractivity contribution in [2.75, 3.05) is 26.3 Å². The van der Waals surface area contributed by atoms with Crippen molar-refractivity contribution >= 4 is 5.91 Å². The molecular formula is C23H29N3O3. The molecule has 1 aromatic heterocycles. The first-order valence-corrected chi connectivity index (χ1v) is 10.5. The number of pyridine rings is 1.